The van der Waals surface area contributed by atoms with Gasteiger partial charge in [0.05, 0.1) is 19.2 Å². The van der Waals surface area contributed by atoms with Crippen LogP contribution in [0.15, 0.2) is 18.2 Å². The number of carbonyl (C=O) groups excluding carboxylic acids is 2. The number of nitrogens with two attached hydrogens (primary N) is 2. The molecule has 0 atom stereocenters. The largest absolute Gasteiger partial charge is 0.465 e. The SMILES string of the molecule is COC(=O)c1ccc(N2CCN(C(=O)CCN)CC2)cc1C#CCN.Cl. The summed E-state index contributed by atoms with van der Waals surface area (Å²) < 4.78 is 4.80. The predicted molar refractivity (Wildman–Crippen MR) is 103 cm³/mol. The topological polar surface area (TPSA) is 102 Å². The van der Waals surface area contributed by atoms with Crippen LogP contribution in [0.4, 0.5) is 5.69 Å². The molecule has 0 aliphatic carbocycles. The summed E-state index contributed by atoms with van der Waals surface area (Å²) in [6.07, 6.45) is 0.382. The lowest BCUT2D eigenvalue weighted by Crippen LogP contribution is -2.49. The lowest BCUT2D eigenvalue weighted by Gasteiger charge is -2.36. The molecule has 0 bridgehead atoms. The Kier molecular flexibility index (Phi) is 8.93. The average molecular weight is 381 g/mol. The fraction of sp³-hybridized carbons (Fsp3) is 0.444. The monoisotopic (exact) mass is 380 g/mol. The maximum absolute atomic E-state index is 11.9. The molecular formula is C18H25ClN4O3. The Bertz CT molecular complexity index is 691. The van der Waals surface area contributed by atoms with E-state index in [9.17, 15) is 9.59 Å². The van der Waals surface area contributed by atoms with Crippen LogP contribution in [0.25, 0.3) is 0 Å². The summed E-state index contributed by atoms with van der Waals surface area (Å²) in [4.78, 5) is 27.8. The van der Waals surface area contributed by atoms with Crippen LogP contribution in [0.1, 0.15) is 22.3 Å². The third-order valence-electron chi connectivity index (χ3n) is 4.09. The van der Waals surface area contributed by atoms with Gasteiger partial charge in [0.15, 0.2) is 0 Å². The van der Waals surface area contributed by atoms with E-state index in [1.807, 2.05) is 17.0 Å². The number of carbonyl (C=O) groups is 2. The molecule has 1 heterocycles. The first-order valence-corrected chi connectivity index (χ1v) is 8.24. The summed E-state index contributed by atoms with van der Waals surface area (Å²) in [7, 11) is 1.34. The third-order valence-corrected chi connectivity index (χ3v) is 4.09. The molecule has 1 amide bonds. The summed E-state index contributed by atoms with van der Waals surface area (Å²) in [5.74, 6) is 5.38. The Morgan fingerprint density at radius 2 is 1.88 bits per heavy atom. The maximum Gasteiger partial charge on any atom is 0.339 e. The Morgan fingerprint density at radius 3 is 2.46 bits per heavy atom. The van der Waals surface area contributed by atoms with Crippen LogP contribution in [-0.4, -0.2) is 63.2 Å². The van der Waals surface area contributed by atoms with Gasteiger partial charge in [0.25, 0.3) is 0 Å². The van der Waals surface area contributed by atoms with Gasteiger partial charge in [0, 0.05) is 50.4 Å². The molecule has 1 aromatic carbocycles. The molecule has 2 rings (SSSR count). The molecule has 0 saturated carbocycles. The zero-order valence-corrected chi connectivity index (χ0v) is 15.7. The van der Waals surface area contributed by atoms with Crippen molar-refractivity contribution in [2.24, 2.45) is 11.5 Å². The Hall–Kier alpha value is -2.27. The highest BCUT2D eigenvalue weighted by molar-refractivity contribution is 5.93. The van der Waals surface area contributed by atoms with Crippen LogP contribution in [0.5, 0.6) is 0 Å². The van der Waals surface area contributed by atoms with Gasteiger partial charge in [-0.1, -0.05) is 11.8 Å². The van der Waals surface area contributed by atoms with Crippen molar-refractivity contribution in [1.29, 1.82) is 0 Å². The van der Waals surface area contributed by atoms with Gasteiger partial charge in [-0.25, -0.2) is 4.79 Å². The summed E-state index contributed by atoms with van der Waals surface area (Å²) in [6.45, 7) is 3.34. The molecule has 1 fully saturated rings. The van der Waals surface area contributed by atoms with Crippen molar-refractivity contribution in [2.45, 2.75) is 6.42 Å². The standard InChI is InChI=1S/C18H24N4O3.ClH/c1-25-18(24)16-5-4-15(13-14(16)3-2-7-19)21-9-11-22(12-10-21)17(23)6-8-20;/h4-5,13H,6-12,19-20H2,1H3;1H. The Balaban J connectivity index is 0.00000338. The van der Waals surface area contributed by atoms with E-state index in [0.717, 1.165) is 18.8 Å². The Morgan fingerprint density at radius 1 is 1.19 bits per heavy atom. The summed E-state index contributed by atoms with van der Waals surface area (Å²) in [6, 6.07) is 5.46. The van der Waals surface area contributed by atoms with Crippen molar-refractivity contribution in [3.63, 3.8) is 0 Å². The summed E-state index contributed by atoms with van der Waals surface area (Å²) >= 11 is 0. The van der Waals surface area contributed by atoms with Gasteiger partial charge < -0.3 is 26.0 Å². The molecule has 26 heavy (non-hydrogen) atoms. The van der Waals surface area contributed by atoms with E-state index >= 15 is 0 Å². The number of amides is 1. The molecule has 0 aromatic heterocycles. The molecule has 142 valence electrons. The first-order valence-electron chi connectivity index (χ1n) is 8.24. The Labute approximate surface area is 160 Å². The molecule has 8 heteroatoms. The predicted octanol–water partition coefficient (Wildman–Crippen LogP) is 0.203. The van der Waals surface area contributed by atoms with Crippen molar-refractivity contribution in [3.05, 3.63) is 29.3 Å². The lowest BCUT2D eigenvalue weighted by atomic mass is 10.1. The number of ether oxygens (including phenoxy) is 1. The molecule has 1 aromatic rings. The third kappa shape index (κ3) is 5.36. The average Bonchev–Trinajstić information content (AvgIpc) is 2.65. The number of rotatable bonds is 4. The highest BCUT2D eigenvalue weighted by Crippen LogP contribution is 2.21. The van der Waals surface area contributed by atoms with Crippen LogP contribution < -0.4 is 16.4 Å². The summed E-state index contributed by atoms with van der Waals surface area (Å²) in [5.41, 5.74) is 12.9. The number of hydrogen-bond donors (Lipinski definition) is 2. The lowest BCUT2D eigenvalue weighted by molar-refractivity contribution is -0.131. The molecule has 1 aliphatic heterocycles. The van der Waals surface area contributed by atoms with Gasteiger partial charge in [-0.2, -0.15) is 0 Å². The van der Waals surface area contributed by atoms with E-state index in [1.165, 1.54) is 7.11 Å². The van der Waals surface area contributed by atoms with E-state index in [-0.39, 0.29) is 24.9 Å². The van der Waals surface area contributed by atoms with Crippen LogP contribution >= 0.6 is 12.4 Å². The fourth-order valence-corrected chi connectivity index (χ4v) is 2.76. The minimum Gasteiger partial charge on any atom is -0.465 e. The van der Waals surface area contributed by atoms with Crippen LogP contribution in [0.2, 0.25) is 0 Å². The van der Waals surface area contributed by atoms with Crippen molar-refractivity contribution >= 4 is 30.0 Å². The number of anilines is 1. The van der Waals surface area contributed by atoms with E-state index in [0.29, 0.717) is 37.2 Å². The second-order valence-electron chi connectivity index (χ2n) is 5.63. The smallest absolute Gasteiger partial charge is 0.339 e. The normalized spacial score (nSPS) is 13.3. The van der Waals surface area contributed by atoms with Crippen molar-refractivity contribution < 1.29 is 14.3 Å². The highest BCUT2D eigenvalue weighted by atomic mass is 35.5. The van der Waals surface area contributed by atoms with Crippen LogP contribution in [0, 0.1) is 11.8 Å². The van der Waals surface area contributed by atoms with Crippen LogP contribution in [0.3, 0.4) is 0 Å². The second-order valence-corrected chi connectivity index (χ2v) is 5.63. The van der Waals surface area contributed by atoms with Crippen molar-refractivity contribution in [3.8, 4) is 11.8 Å². The zero-order chi connectivity index (χ0) is 18.2. The first-order chi connectivity index (χ1) is 12.1. The van der Waals surface area contributed by atoms with Crippen LogP contribution in [-0.2, 0) is 9.53 Å². The highest BCUT2D eigenvalue weighted by Gasteiger charge is 2.21. The quantitative estimate of drug-likeness (QED) is 0.571. The van der Waals surface area contributed by atoms with Gasteiger partial charge in [-0.15, -0.1) is 12.4 Å². The number of hydrogen-bond acceptors (Lipinski definition) is 6. The zero-order valence-electron chi connectivity index (χ0n) is 14.9. The molecule has 0 radical (unpaired) electrons. The first kappa shape index (κ1) is 21.8. The number of methoxy groups -OCH3 is 1. The van der Waals surface area contributed by atoms with Crippen molar-refractivity contribution in [1.82, 2.24) is 4.90 Å². The number of piperazine rings is 1. The van der Waals surface area contributed by atoms with Crippen molar-refractivity contribution in [2.75, 3.05) is 51.3 Å². The number of halogens is 1. The van der Waals surface area contributed by atoms with E-state index in [4.69, 9.17) is 16.2 Å². The van der Waals surface area contributed by atoms with Gasteiger partial charge in [-0.3, -0.25) is 4.79 Å². The van der Waals surface area contributed by atoms with E-state index < -0.39 is 5.97 Å². The molecule has 7 nitrogen and oxygen atoms in total. The minimum atomic E-state index is -0.426. The number of benzene rings is 1. The van der Waals surface area contributed by atoms with Gasteiger partial charge >= 0.3 is 5.97 Å². The molecule has 0 spiro atoms. The fourth-order valence-electron chi connectivity index (χ4n) is 2.76. The maximum atomic E-state index is 11.9. The second kappa shape index (κ2) is 10.7. The van der Waals surface area contributed by atoms with Gasteiger partial charge in [0.1, 0.15) is 0 Å². The van der Waals surface area contributed by atoms with E-state index in [1.54, 1.807) is 6.07 Å². The number of esters is 1. The van der Waals surface area contributed by atoms with Gasteiger partial charge in [0.2, 0.25) is 5.91 Å². The van der Waals surface area contributed by atoms with Gasteiger partial charge in [-0.05, 0) is 18.2 Å². The minimum absolute atomic E-state index is 0. The molecule has 4 N–H and O–H groups in total. The molecular weight excluding hydrogens is 356 g/mol. The van der Waals surface area contributed by atoms with E-state index in [2.05, 4.69) is 16.7 Å². The molecule has 1 saturated heterocycles. The molecule has 0 unspecified atom stereocenters. The molecule has 1 aliphatic rings. The summed E-state index contributed by atoms with van der Waals surface area (Å²) in [5, 5.41) is 0. The number of nitrogens with zero attached hydrogens (tertiary/aromatic N) is 2.